The molecule has 0 saturated heterocycles. The fraction of sp³-hybridized carbons (Fsp3) is 0.161. The summed E-state index contributed by atoms with van der Waals surface area (Å²) < 4.78 is 11.7. The highest BCUT2D eigenvalue weighted by atomic mass is 16.5. The fourth-order valence-electron chi connectivity index (χ4n) is 3.61. The molecule has 33 heavy (non-hydrogen) atoms. The van der Waals surface area contributed by atoms with Crippen LogP contribution in [-0.4, -0.2) is 13.2 Å². The molecule has 0 heterocycles. The highest BCUT2D eigenvalue weighted by Gasteiger charge is 2.17. The lowest BCUT2D eigenvalue weighted by atomic mass is 9.85. The van der Waals surface area contributed by atoms with Crippen molar-refractivity contribution in [1.29, 1.82) is 0 Å². The molecule has 3 aromatic carbocycles. The zero-order valence-corrected chi connectivity index (χ0v) is 19.1. The van der Waals surface area contributed by atoms with E-state index in [1.165, 1.54) is 16.7 Å². The van der Waals surface area contributed by atoms with E-state index in [1.807, 2.05) is 12.2 Å². The molecule has 3 aromatic rings. The number of allylic oxidation sites excluding steroid dienone is 4. The van der Waals surface area contributed by atoms with Crippen LogP contribution in [0.5, 0.6) is 11.5 Å². The Morgan fingerprint density at radius 2 is 1.00 bits per heavy atom. The summed E-state index contributed by atoms with van der Waals surface area (Å²) in [7, 11) is 0. The van der Waals surface area contributed by atoms with Crippen LogP contribution < -0.4 is 9.47 Å². The molecule has 0 aliphatic carbocycles. The summed E-state index contributed by atoms with van der Waals surface area (Å²) in [5.74, 6) is 1.90. The topological polar surface area (TPSA) is 18.5 Å². The molecular weight excluding hydrogens is 404 g/mol. The molecule has 0 saturated carbocycles. The lowest BCUT2D eigenvalue weighted by molar-refractivity contribution is 0.325. The second-order valence-corrected chi connectivity index (χ2v) is 7.58. The van der Waals surface area contributed by atoms with E-state index in [4.69, 9.17) is 9.47 Å². The molecule has 2 nitrogen and oxygen atoms in total. The molecule has 0 atom stereocenters. The minimum absolute atomic E-state index is 0.139. The Balaban J connectivity index is 1.73. The van der Waals surface area contributed by atoms with Gasteiger partial charge < -0.3 is 9.47 Å². The van der Waals surface area contributed by atoms with Gasteiger partial charge in [0.1, 0.15) is 11.5 Å². The summed E-state index contributed by atoms with van der Waals surface area (Å²) in [5.41, 5.74) is 3.70. The predicted molar refractivity (Wildman–Crippen MR) is 139 cm³/mol. The molecular formula is C31H32O2. The van der Waals surface area contributed by atoms with Gasteiger partial charge in [0.2, 0.25) is 0 Å². The Morgan fingerprint density at radius 1 is 0.576 bits per heavy atom. The molecule has 0 aliphatic rings. The van der Waals surface area contributed by atoms with E-state index in [0.29, 0.717) is 13.2 Å². The van der Waals surface area contributed by atoms with Gasteiger partial charge in [-0.15, -0.1) is 0 Å². The van der Waals surface area contributed by atoms with Crippen molar-refractivity contribution in [3.63, 3.8) is 0 Å². The zero-order chi connectivity index (χ0) is 23.1. The summed E-state index contributed by atoms with van der Waals surface area (Å²) in [4.78, 5) is 0. The second-order valence-electron chi connectivity index (χ2n) is 7.58. The summed E-state index contributed by atoms with van der Waals surface area (Å²) >= 11 is 0. The average molecular weight is 437 g/mol. The van der Waals surface area contributed by atoms with E-state index in [2.05, 4.69) is 104 Å². The Hall–Kier alpha value is -3.78. The van der Waals surface area contributed by atoms with Gasteiger partial charge in [-0.2, -0.15) is 0 Å². The zero-order valence-electron chi connectivity index (χ0n) is 19.1. The first-order chi connectivity index (χ1) is 16.3. The number of benzene rings is 3. The summed E-state index contributed by atoms with van der Waals surface area (Å²) in [6.45, 7) is 8.66. The van der Waals surface area contributed by atoms with Gasteiger partial charge in [0, 0.05) is 5.92 Å². The van der Waals surface area contributed by atoms with Crippen LogP contribution in [0.1, 0.15) is 35.4 Å². The van der Waals surface area contributed by atoms with Crippen molar-refractivity contribution in [3.8, 4) is 11.5 Å². The van der Waals surface area contributed by atoms with Crippen LogP contribution in [0.15, 0.2) is 128 Å². The first kappa shape index (κ1) is 23.9. The number of rotatable bonds is 13. The lowest BCUT2D eigenvalue weighted by Crippen LogP contribution is -2.04. The molecule has 0 bridgehead atoms. The maximum Gasteiger partial charge on any atom is 0.119 e. The third kappa shape index (κ3) is 7.69. The molecule has 0 fully saturated rings. The first-order valence-electron chi connectivity index (χ1n) is 11.4. The van der Waals surface area contributed by atoms with Crippen molar-refractivity contribution in [2.75, 3.05) is 13.2 Å². The van der Waals surface area contributed by atoms with Crippen molar-refractivity contribution >= 4 is 0 Å². The quantitative estimate of drug-likeness (QED) is 0.154. The monoisotopic (exact) mass is 436 g/mol. The Labute approximate surface area is 198 Å². The normalized spacial score (nSPS) is 12.0. The van der Waals surface area contributed by atoms with Gasteiger partial charge in [-0.25, -0.2) is 0 Å². The van der Waals surface area contributed by atoms with E-state index < -0.39 is 0 Å². The molecule has 0 aliphatic heterocycles. The Bertz CT molecular complexity index is 961. The second kappa shape index (κ2) is 13.6. The summed E-state index contributed by atoms with van der Waals surface area (Å²) in [5, 5.41) is 0. The van der Waals surface area contributed by atoms with Crippen LogP contribution in [0.25, 0.3) is 0 Å². The van der Waals surface area contributed by atoms with Crippen LogP contribution in [-0.2, 0) is 0 Å². The minimum Gasteiger partial charge on any atom is -0.493 e. The Kier molecular flexibility index (Phi) is 9.83. The van der Waals surface area contributed by atoms with Crippen LogP contribution in [0, 0.1) is 0 Å². The van der Waals surface area contributed by atoms with Gasteiger partial charge in [-0.3, -0.25) is 0 Å². The maximum absolute atomic E-state index is 5.86. The smallest absolute Gasteiger partial charge is 0.119 e. The standard InChI is InChI=1S/C31H32O2/c1-3-5-7-12-24-32-29-20-16-27(17-21-29)31(26-14-10-9-11-15-26)28-18-22-30(23-19-28)33-25-13-8-6-4-2/h3-11,14-23,31H,1-2,12-13,24-25H2. The van der Waals surface area contributed by atoms with Crippen molar-refractivity contribution in [2.45, 2.75) is 18.8 Å². The van der Waals surface area contributed by atoms with E-state index in [9.17, 15) is 0 Å². The van der Waals surface area contributed by atoms with Crippen LogP contribution in [0.4, 0.5) is 0 Å². The number of hydrogen-bond donors (Lipinski definition) is 0. The van der Waals surface area contributed by atoms with E-state index >= 15 is 0 Å². The van der Waals surface area contributed by atoms with Gasteiger partial charge in [-0.05, 0) is 53.8 Å². The van der Waals surface area contributed by atoms with Gasteiger partial charge in [0.25, 0.3) is 0 Å². The van der Waals surface area contributed by atoms with E-state index in [1.54, 1.807) is 12.2 Å². The molecule has 168 valence electrons. The van der Waals surface area contributed by atoms with Crippen molar-refractivity contribution in [3.05, 3.63) is 145 Å². The van der Waals surface area contributed by atoms with Crippen molar-refractivity contribution < 1.29 is 9.47 Å². The summed E-state index contributed by atoms with van der Waals surface area (Å²) in [6.07, 6.45) is 13.3. The molecule has 0 spiro atoms. The molecule has 0 unspecified atom stereocenters. The van der Waals surface area contributed by atoms with E-state index in [0.717, 1.165) is 24.3 Å². The minimum atomic E-state index is 0.139. The number of ether oxygens (including phenoxy) is 2. The largest absolute Gasteiger partial charge is 0.493 e. The van der Waals surface area contributed by atoms with Gasteiger partial charge in [-0.1, -0.05) is 104 Å². The van der Waals surface area contributed by atoms with Crippen LogP contribution >= 0.6 is 0 Å². The SMILES string of the molecule is C=CC=CCCOc1ccc(C(c2ccccc2)c2ccc(OCCC=CC=C)cc2)cc1. The fourth-order valence-corrected chi connectivity index (χ4v) is 3.61. The third-order valence-corrected chi connectivity index (χ3v) is 5.21. The maximum atomic E-state index is 5.86. The molecule has 0 N–H and O–H groups in total. The molecule has 2 heteroatoms. The lowest BCUT2D eigenvalue weighted by Gasteiger charge is -2.20. The first-order valence-corrected chi connectivity index (χ1v) is 11.4. The molecule has 0 amide bonds. The highest BCUT2D eigenvalue weighted by Crippen LogP contribution is 2.33. The predicted octanol–water partition coefficient (Wildman–Crippen LogP) is 7.89. The van der Waals surface area contributed by atoms with Gasteiger partial charge in [0.15, 0.2) is 0 Å². The highest BCUT2D eigenvalue weighted by molar-refractivity contribution is 5.45. The molecule has 0 aromatic heterocycles. The van der Waals surface area contributed by atoms with Crippen molar-refractivity contribution in [1.82, 2.24) is 0 Å². The Morgan fingerprint density at radius 3 is 1.42 bits per heavy atom. The average Bonchev–Trinajstić information content (AvgIpc) is 2.86. The third-order valence-electron chi connectivity index (χ3n) is 5.21. The molecule has 3 rings (SSSR count). The van der Waals surface area contributed by atoms with Crippen LogP contribution in [0.3, 0.4) is 0 Å². The summed E-state index contributed by atoms with van der Waals surface area (Å²) in [6, 6.07) is 27.4. The number of hydrogen-bond acceptors (Lipinski definition) is 2. The molecule has 0 radical (unpaired) electrons. The van der Waals surface area contributed by atoms with Gasteiger partial charge >= 0.3 is 0 Å². The van der Waals surface area contributed by atoms with Crippen molar-refractivity contribution in [2.24, 2.45) is 0 Å². The van der Waals surface area contributed by atoms with E-state index in [-0.39, 0.29) is 5.92 Å². The van der Waals surface area contributed by atoms with Gasteiger partial charge in [0.05, 0.1) is 13.2 Å². The van der Waals surface area contributed by atoms with Crippen LogP contribution in [0.2, 0.25) is 0 Å².